The van der Waals surface area contributed by atoms with Gasteiger partial charge in [0.05, 0.1) is 10.8 Å². The highest BCUT2D eigenvalue weighted by Crippen LogP contribution is 2.12. The third-order valence-corrected chi connectivity index (χ3v) is 4.23. The summed E-state index contributed by atoms with van der Waals surface area (Å²) in [5, 5.41) is 0.342. The van der Waals surface area contributed by atoms with Gasteiger partial charge in [0.1, 0.15) is 0 Å². The van der Waals surface area contributed by atoms with Crippen LogP contribution in [0.2, 0.25) is 0 Å². The van der Waals surface area contributed by atoms with Crippen LogP contribution in [0, 0.1) is 0 Å². The van der Waals surface area contributed by atoms with Gasteiger partial charge in [0, 0.05) is 27.2 Å². The monoisotopic (exact) mass is 331 g/mol. The summed E-state index contributed by atoms with van der Waals surface area (Å²) < 4.78 is 4.66. The van der Waals surface area contributed by atoms with Gasteiger partial charge >= 0.3 is 11.4 Å². The molecule has 3 rings (SSSR count). The van der Waals surface area contributed by atoms with Gasteiger partial charge in [0.2, 0.25) is 0 Å². The van der Waals surface area contributed by atoms with Crippen molar-refractivity contribution in [2.75, 3.05) is 0 Å². The molecule has 0 saturated heterocycles. The zero-order valence-electron chi connectivity index (χ0n) is 13.9. The van der Waals surface area contributed by atoms with Gasteiger partial charge in [-0.1, -0.05) is 0 Å². The van der Waals surface area contributed by atoms with E-state index in [1.165, 1.54) is 29.3 Å². The Morgan fingerprint density at radius 2 is 1.38 bits per heavy atom. The van der Waals surface area contributed by atoms with Crippen molar-refractivity contribution in [2.24, 2.45) is 14.1 Å². The molecule has 0 N–H and O–H groups in total. The Morgan fingerprint density at radius 3 is 1.96 bits per heavy atom. The van der Waals surface area contributed by atoms with E-state index in [4.69, 9.17) is 0 Å². The van der Waals surface area contributed by atoms with Crippen molar-refractivity contribution in [3.05, 3.63) is 47.7 Å². The largest absolute Gasteiger partial charge is 0.332 e. The van der Waals surface area contributed by atoms with Crippen LogP contribution >= 0.6 is 0 Å². The van der Waals surface area contributed by atoms with E-state index in [0.29, 0.717) is 6.54 Å². The minimum atomic E-state index is -0.529. The molecule has 9 nitrogen and oxygen atoms in total. The smallest absolute Gasteiger partial charge is 0.280 e. The van der Waals surface area contributed by atoms with Crippen molar-refractivity contribution >= 4 is 22.1 Å². The first-order valence-corrected chi connectivity index (χ1v) is 7.57. The third kappa shape index (κ3) is 1.90. The van der Waals surface area contributed by atoms with Gasteiger partial charge in [-0.2, -0.15) is 0 Å². The van der Waals surface area contributed by atoms with Crippen LogP contribution in [0.4, 0.5) is 0 Å². The number of rotatable bonds is 2. The second kappa shape index (κ2) is 5.29. The van der Waals surface area contributed by atoms with E-state index in [0.717, 1.165) is 9.13 Å². The second-order valence-electron chi connectivity index (χ2n) is 5.51. The molecule has 0 atom stereocenters. The molecule has 0 saturated carbocycles. The van der Waals surface area contributed by atoms with E-state index in [9.17, 15) is 19.2 Å². The number of fused-ring (bicyclic) bond motifs is 2. The highest BCUT2D eigenvalue weighted by molar-refractivity contribution is 5.88. The van der Waals surface area contributed by atoms with Crippen molar-refractivity contribution in [3.8, 4) is 0 Å². The normalized spacial score (nSPS) is 11.5. The molecule has 0 aromatic carbocycles. The average Bonchev–Trinajstić information content (AvgIpc) is 2.58. The Morgan fingerprint density at radius 1 is 0.792 bits per heavy atom. The van der Waals surface area contributed by atoms with Gasteiger partial charge in [0.15, 0.2) is 11.3 Å². The van der Waals surface area contributed by atoms with Crippen LogP contribution in [0.5, 0.6) is 0 Å². The average molecular weight is 331 g/mol. The number of hydrogen-bond donors (Lipinski definition) is 0. The number of pyridine rings is 1. The minimum Gasteiger partial charge on any atom is -0.280 e. The highest BCUT2D eigenvalue weighted by atomic mass is 16.2. The number of aromatic nitrogens is 5. The topological polar surface area (TPSA) is 101 Å². The molecule has 0 unspecified atom stereocenters. The van der Waals surface area contributed by atoms with Crippen LogP contribution in [0.15, 0.2) is 25.2 Å². The molecule has 3 aromatic rings. The summed E-state index contributed by atoms with van der Waals surface area (Å²) in [6.07, 6.45) is 0. The lowest BCUT2D eigenvalue weighted by molar-refractivity contribution is 0.605. The van der Waals surface area contributed by atoms with Gasteiger partial charge in [-0.15, -0.1) is 0 Å². The Kier molecular flexibility index (Phi) is 3.51. The molecule has 3 aromatic heterocycles. The molecule has 0 bridgehead atoms. The van der Waals surface area contributed by atoms with Crippen molar-refractivity contribution in [1.82, 2.24) is 23.3 Å². The molecule has 0 aliphatic rings. The quantitative estimate of drug-likeness (QED) is 0.569. The van der Waals surface area contributed by atoms with Crippen molar-refractivity contribution < 1.29 is 0 Å². The van der Waals surface area contributed by atoms with Gasteiger partial charge in [0.25, 0.3) is 11.1 Å². The lowest BCUT2D eigenvalue weighted by Crippen LogP contribution is -2.41. The number of nitrogens with zero attached hydrogens (tertiary/aromatic N) is 5. The lowest BCUT2D eigenvalue weighted by Gasteiger charge is -2.13. The third-order valence-electron chi connectivity index (χ3n) is 4.23. The van der Waals surface area contributed by atoms with Crippen LogP contribution in [-0.2, 0) is 27.2 Å². The van der Waals surface area contributed by atoms with Crippen molar-refractivity contribution in [3.63, 3.8) is 0 Å². The maximum atomic E-state index is 12.6. The molecule has 0 amide bonds. The molecule has 126 valence electrons. The summed E-state index contributed by atoms with van der Waals surface area (Å²) in [6.45, 7) is 4.00. The minimum absolute atomic E-state index is 0.144. The molecular formula is C15H17N5O4. The Bertz CT molecular complexity index is 1230. The fourth-order valence-electron chi connectivity index (χ4n) is 2.89. The van der Waals surface area contributed by atoms with Crippen molar-refractivity contribution in [1.29, 1.82) is 0 Å². The lowest BCUT2D eigenvalue weighted by atomic mass is 10.2. The van der Waals surface area contributed by atoms with Gasteiger partial charge < -0.3 is 0 Å². The molecule has 0 spiro atoms. The highest BCUT2D eigenvalue weighted by Gasteiger charge is 2.17. The van der Waals surface area contributed by atoms with E-state index in [1.54, 1.807) is 13.8 Å². The van der Waals surface area contributed by atoms with Crippen LogP contribution in [0.25, 0.3) is 22.1 Å². The van der Waals surface area contributed by atoms with E-state index in [-0.39, 0.29) is 28.6 Å². The molecule has 9 heteroatoms. The number of aryl methyl sites for hydroxylation is 2. The zero-order valence-corrected chi connectivity index (χ0v) is 13.9. The Hall–Kier alpha value is -2.97. The summed E-state index contributed by atoms with van der Waals surface area (Å²) >= 11 is 0. The number of hydrogen-bond acceptors (Lipinski definition) is 5. The summed E-state index contributed by atoms with van der Waals surface area (Å²) in [7, 11) is 2.86. The first kappa shape index (κ1) is 15.9. The summed E-state index contributed by atoms with van der Waals surface area (Å²) in [5.74, 6) is 0. The second-order valence-corrected chi connectivity index (χ2v) is 5.51. The van der Waals surface area contributed by atoms with Gasteiger partial charge in [-0.25, -0.2) is 14.6 Å². The Labute approximate surface area is 135 Å². The van der Waals surface area contributed by atoms with E-state index >= 15 is 0 Å². The van der Waals surface area contributed by atoms with Crippen LogP contribution in [-0.4, -0.2) is 23.3 Å². The molecule has 0 radical (unpaired) electrons. The summed E-state index contributed by atoms with van der Waals surface area (Å²) in [5.41, 5.74) is -1.68. The predicted molar refractivity (Wildman–Crippen MR) is 89.6 cm³/mol. The molecule has 24 heavy (non-hydrogen) atoms. The van der Waals surface area contributed by atoms with E-state index < -0.39 is 22.5 Å². The first-order chi connectivity index (χ1) is 11.3. The predicted octanol–water partition coefficient (Wildman–Crippen LogP) is -0.851. The maximum absolute atomic E-state index is 12.6. The summed E-state index contributed by atoms with van der Waals surface area (Å²) in [6, 6.07) is 1.42. The molecule has 0 aliphatic heterocycles. The van der Waals surface area contributed by atoms with Crippen LogP contribution < -0.4 is 22.5 Å². The fourth-order valence-corrected chi connectivity index (χ4v) is 2.89. The van der Waals surface area contributed by atoms with Gasteiger partial charge in [-0.3, -0.25) is 27.9 Å². The van der Waals surface area contributed by atoms with Crippen LogP contribution in [0.3, 0.4) is 0 Å². The van der Waals surface area contributed by atoms with Crippen LogP contribution in [0.1, 0.15) is 13.8 Å². The van der Waals surface area contributed by atoms with E-state index in [1.807, 2.05) is 0 Å². The first-order valence-electron chi connectivity index (χ1n) is 7.57. The standard InChI is InChI=1S/C15H17N5O4/c1-5-19-11-9(13(22)20(6-2)15(19)24)7-8-10(16-11)17(3)14(23)18(4)12(8)21/h7H,5-6H2,1-4H3. The van der Waals surface area contributed by atoms with Gasteiger partial charge in [-0.05, 0) is 19.9 Å². The molecular weight excluding hydrogens is 314 g/mol. The molecule has 3 heterocycles. The SMILES string of the molecule is CCn1c(=O)c2cc3c(=O)n(C)c(=O)n(C)c3nc2n(CC)c1=O. The van der Waals surface area contributed by atoms with Crippen molar-refractivity contribution in [2.45, 2.75) is 26.9 Å². The summed E-state index contributed by atoms with van der Waals surface area (Å²) in [4.78, 5) is 53.8. The Balaban J connectivity index is 2.73. The maximum Gasteiger partial charge on any atom is 0.332 e. The van der Waals surface area contributed by atoms with E-state index in [2.05, 4.69) is 4.98 Å². The molecule has 0 fully saturated rings. The fraction of sp³-hybridized carbons (Fsp3) is 0.400. The zero-order chi connectivity index (χ0) is 17.8. The molecule has 0 aliphatic carbocycles.